The summed E-state index contributed by atoms with van der Waals surface area (Å²) in [7, 11) is -3.59. The molecule has 30 heavy (non-hydrogen) atoms. The number of nitrogens with zero attached hydrogens (tertiary/aromatic N) is 3. The highest BCUT2D eigenvalue weighted by Gasteiger charge is 2.32. The van der Waals surface area contributed by atoms with Gasteiger partial charge in [0.2, 0.25) is 21.8 Å². The summed E-state index contributed by atoms with van der Waals surface area (Å²) >= 11 is 0. The molecule has 0 radical (unpaired) electrons. The Morgan fingerprint density at radius 2 is 1.90 bits per heavy atom. The van der Waals surface area contributed by atoms with Crippen molar-refractivity contribution < 1.29 is 18.0 Å². The van der Waals surface area contributed by atoms with Gasteiger partial charge in [-0.05, 0) is 49.6 Å². The van der Waals surface area contributed by atoms with Gasteiger partial charge in [-0.1, -0.05) is 6.07 Å². The number of hydrogen-bond acceptors (Lipinski definition) is 5. The van der Waals surface area contributed by atoms with E-state index >= 15 is 0 Å². The van der Waals surface area contributed by atoms with E-state index in [9.17, 15) is 18.0 Å². The number of aromatic nitrogens is 1. The summed E-state index contributed by atoms with van der Waals surface area (Å²) < 4.78 is 26.8. The highest BCUT2D eigenvalue weighted by Crippen LogP contribution is 2.27. The van der Waals surface area contributed by atoms with E-state index < -0.39 is 10.0 Å². The van der Waals surface area contributed by atoms with Crippen LogP contribution in [0, 0.1) is 5.92 Å². The summed E-state index contributed by atoms with van der Waals surface area (Å²) in [5.41, 5.74) is 1.43. The number of benzene rings is 1. The van der Waals surface area contributed by atoms with Crippen LogP contribution in [0.15, 0.2) is 53.7 Å². The van der Waals surface area contributed by atoms with Crippen molar-refractivity contribution in [3.63, 3.8) is 0 Å². The number of hydrogen-bond donors (Lipinski definition) is 1. The number of amides is 2. The third-order valence-electron chi connectivity index (χ3n) is 5.60. The lowest BCUT2D eigenvalue weighted by Crippen LogP contribution is -2.41. The molecule has 2 aliphatic rings. The van der Waals surface area contributed by atoms with E-state index in [1.54, 1.807) is 17.0 Å². The molecule has 8 nitrogen and oxygen atoms in total. The van der Waals surface area contributed by atoms with E-state index in [1.807, 2.05) is 18.2 Å². The molecular weight excluding hydrogens is 404 g/mol. The van der Waals surface area contributed by atoms with Crippen molar-refractivity contribution >= 4 is 33.2 Å². The highest BCUT2D eigenvalue weighted by molar-refractivity contribution is 7.89. The van der Waals surface area contributed by atoms with Gasteiger partial charge >= 0.3 is 0 Å². The first-order valence-electron chi connectivity index (χ1n) is 10.1. The first-order chi connectivity index (χ1) is 14.4. The molecule has 9 heteroatoms. The molecule has 0 spiro atoms. The second-order valence-electron chi connectivity index (χ2n) is 7.56. The molecule has 2 saturated heterocycles. The van der Waals surface area contributed by atoms with E-state index in [4.69, 9.17) is 0 Å². The molecule has 1 N–H and O–H groups in total. The summed E-state index contributed by atoms with van der Waals surface area (Å²) in [6, 6.07) is 10.4. The molecular formula is C21H24N4O4S. The molecule has 2 aliphatic heterocycles. The van der Waals surface area contributed by atoms with Gasteiger partial charge < -0.3 is 10.2 Å². The first kappa shape index (κ1) is 20.5. The standard InChI is InChI=1S/C21H24N4O4S/c26-20-7-3-11-25(20)18-5-1-4-17(14-18)23-21(27)16-8-12-24(13-9-16)30(28,29)19-6-2-10-22-15-19/h1-2,4-6,10,14-16H,3,7-9,11-13H2,(H,23,27). The van der Waals surface area contributed by atoms with Crippen LogP contribution in [0.4, 0.5) is 11.4 Å². The normalized spacial score (nSPS) is 18.5. The Morgan fingerprint density at radius 3 is 2.57 bits per heavy atom. The summed E-state index contributed by atoms with van der Waals surface area (Å²) in [5.74, 6) is -0.290. The Hall–Kier alpha value is -2.78. The van der Waals surface area contributed by atoms with Gasteiger partial charge in [-0.15, -0.1) is 0 Å². The average molecular weight is 429 g/mol. The van der Waals surface area contributed by atoms with Crippen LogP contribution in [0.3, 0.4) is 0 Å². The molecule has 1 aromatic heterocycles. The summed E-state index contributed by atoms with van der Waals surface area (Å²) in [4.78, 5) is 30.5. The maximum absolute atomic E-state index is 12.7. The van der Waals surface area contributed by atoms with Crippen LogP contribution in [0.25, 0.3) is 0 Å². The third-order valence-corrected chi connectivity index (χ3v) is 7.48. The van der Waals surface area contributed by atoms with Crippen molar-refractivity contribution in [1.82, 2.24) is 9.29 Å². The molecule has 3 heterocycles. The largest absolute Gasteiger partial charge is 0.326 e. The Labute approximate surface area is 175 Å². The molecule has 0 bridgehead atoms. The second-order valence-corrected chi connectivity index (χ2v) is 9.49. The van der Waals surface area contributed by atoms with Crippen LogP contribution in [-0.4, -0.2) is 49.2 Å². The first-order valence-corrected chi connectivity index (χ1v) is 11.5. The van der Waals surface area contributed by atoms with Crippen molar-refractivity contribution in [3.05, 3.63) is 48.8 Å². The average Bonchev–Trinajstić information content (AvgIpc) is 3.20. The quantitative estimate of drug-likeness (QED) is 0.787. The lowest BCUT2D eigenvalue weighted by atomic mass is 9.97. The van der Waals surface area contributed by atoms with Crippen LogP contribution in [0.2, 0.25) is 0 Å². The SMILES string of the molecule is O=C(Nc1cccc(N2CCCC2=O)c1)C1CCN(S(=O)(=O)c2cccnc2)CC1. The topological polar surface area (TPSA) is 99.7 Å². The zero-order chi connectivity index (χ0) is 21.1. The predicted molar refractivity (Wildman–Crippen MR) is 112 cm³/mol. The van der Waals surface area contributed by atoms with Crippen LogP contribution < -0.4 is 10.2 Å². The van der Waals surface area contributed by atoms with E-state index in [0.717, 1.165) is 12.1 Å². The fourth-order valence-electron chi connectivity index (χ4n) is 3.92. The molecule has 158 valence electrons. The van der Waals surface area contributed by atoms with Crippen LogP contribution in [0.5, 0.6) is 0 Å². The minimum Gasteiger partial charge on any atom is -0.326 e. The fraction of sp³-hybridized carbons (Fsp3) is 0.381. The molecule has 0 unspecified atom stereocenters. The number of rotatable bonds is 5. The van der Waals surface area contributed by atoms with Crippen LogP contribution in [0.1, 0.15) is 25.7 Å². The number of sulfonamides is 1. The summed E-state index contributed by atoms with van der Waals surface area (Å²) in [6.07, 6.45) is 5.18. The Bertz CT molecular complexity index is 1030. The lowest BCUT2D eigenvalue weighted by molar-refractivity contribution is -0.121. The van der Waals surface area contributed by atoms with Crippen molar-refractivity contribution in [2.45, 2.75) is 30.6 Å². The molecule has 0 aliphatic carbocycles. The van der Waals surface area contributed by atoms with E-state index in [-0.39, 0.29) is 35.7 Å². The minimum absolute atomic E-state index is 0.0978. The number of anilines is 2. The fourth-order valence-corrected chi connectivity index (χ4v) is 5.36. The van der Waals surface area contributed by atoms with Gasteiger partial charge in [-0.25, -0.2) is 8.42 Å². The molecule has 0 atom stereocenters. The van der Waals surface area contributed by atoms with E-state index in [2.05, 4.69) is 10.3 Å². The molecule has 2 amide bonds. The van der Waals surface area contributed by atoms with Gasteiger partial charge in [0, 0.05) is 55.7 Å². The maximum atomic E-state index is 12.7. The number of piperidine rings is 1. The Balaban J connectivity index is 1.37. The number of carbonyl (C=O) groups is 2. The number of carbonyl (C=O) groups excluding carboxylic acids is 2. The van der Waals surface area contributed by atoms with Gasteiger partial charge in [0.1, 0.15) is 4.90 Å². The smallest absolute Gasteiger partial charge is 0.244 e. The number of nitrogens with one attached hydrogen (secondary N) is 1. The van der Waals surface area contributed by atoms with Crippen molar-refractivity contribution in [3.8, 4) is 0 Å². The number of pyridine rings is 1. The third kappa shape index (κ3) is 4.22. The van der Waals surface area contributed by atoms with Crippen LogP contribution in [-0.2, 0) is 19.6 Å². The summed E-state index contributed by atoms with van der Waals surface area (Å²) in [6.45, 7) is 1.27. The van der Waals surface area contributed by atoms with Crippen LogP contribution >= 0.6 is 0 Å². The highest BCUT2D eigenvalue weighted by atomic mass is 32.2. The van der Waals surface area contributed by atoms with Crippen molar-refractivity contribution in [1.29, 1.82) is 0 Å². The maximum Gasteiger partial charge on any atom is 0.244 e. The molecule has 4 rings (SSSR count). The van der Waals surface area contributed by atoms with E-state index in [0.29, 0.717) is 31.5 Å². The lowest BCUT2D eigenvalue weighted by Gasteiger charge is -2.30. The van der Waals surface area contributed by atoms with E-state index in [1.165, 1.54) is 22.8 Å². The predicted octanol–water partition coefficient (Wildman–Crippen LogP) is 2.25. The van der Waals surface area contributed by atoms with Gasteiger partial charge in [-0.3, -0.25) is 14.6 Å². The zero-order valence-corrected chi connectivity index (χ0v) is 17.3. The van der Waals surface area contributed by atoms with Gasteiger partial charge in [0.05, 0.1) is 0 Å². The zero-order valence-electron chi connectivity index (χ0n) is 16.5. The Morgan fingerprint density at radius 1 is 1.10 bits per heavy atom. The van der Waals surface area contributed by atoms with Crippen molar-refractivity contribution in [2.75, 3.05) is 29.9 Å². The molecule has 2 fully saturated rings. The Kier molecular flexibility index (Phi) is 5.83. The second kappa shape index (κ2) is 8.53. The van der Waals surface area contributed by atoms with Gasteiger partial charge in [0.15, 0.2) is 0 Å². The summed E-state index contributed by atoms with van der Waals surface area (Å²) in [5, 5.41) is 2.92. The van der Waals surface area contributed by atoms with Gasteiger partial charge in [0.25, 0.3) is 0 Å². The molecule has 0 saturated carbocycles. The van der Waals surface area contributed by atoms with Gasteiger partial charge in [-0.2, -0.15) is 4.31 Å². The van der Waals surface area contributed by atoms with Crippen molar-refractivity contribution in [2.24, 2.45) is 5.92 Å². The molecule has 1 aromatic carbocycles. The molecule has 2 aromatic rings. The minimum atomic E-state index is -3.59. The monoisotopic (exact) mass is 428 g/mol.